The molecule has 12 nitrogen and oxygen atoms in total. The highest BCUT2D eigenvalue weighted by Crippen LogP contribution is 2.71. The monoisotopic (exact) mass is 324 g/mol. The Balaban J connectivity index is 0. The first-order valence-electron chi connectivity index (χ1n) is 2.73. The minimum atomic E-state index is -5.18. The van der Waals surface area contributed by atoms with E-state index in [2.05, 4.69) is 0 Å². The second kappa shape index (κ2) is 5.49. The Morgan fingerprint density at radius 1 is 0.375 bits per heavy atom. The Morgan fingerprint density at radius 3 is 0.438 bits per heavy atom. The van der Waals surface area contributed by atoms with E-state index in [4.69, 9.17) is 39.1 Å². The molecule has 16 heavy (non-hydrogen) atoms. The summed E-state index contributed by atoms with van der Waals surface area (Å²) in [7, 11) is -20.7. The van der Waals surface area contributed by atoms with Crippen LogP contribution < -0.4 is 0 Å². The van der Waals surface area contributed by atoms with Crippen LogP contribution in [-0.4, -0.2) is 39.1 Å². The van der Waals surface area contributed by atoms with Gasteiger partial charge in [-0.15, -0.1) is 0 Å². The third kappa shape index (κ3) is 7.81. The number of hydrogen-bond acceptors (Lipinski definition) is 4. The molecule has 0 aliphatic carbocycles. The average molecular weight is 324 g/mol. The second-order valence-corrected chi connectivity index (χ2v) is 12.4. The molecule has 0 saturated heterocycles. The van der Waals surface area contributed by atoms with Crippen LogP contribution in [0.25, 0.3) is 0 Å². The first kappa shape index (κ1) is 19.0. The van der Waals surface area contributed by atoms with Gasteiger partial charge in [0.25, 0.3) is 0 Å². The van der Waals surface area contributed by atoms with Crippen molar-refractivity contribution < 1.29 is 57.4 Å². The van der Waals surface area contributed by atoms with E-state index in [1.165, 1.54) is 0 Å². The van der Waals surface area contributed by atoms with Crippen LogP contribution in [0.4, 0.5) is 0 Å². The molecule has 0 fully saturated rings. The molecule has 0 aromatic heterocycles. The van der Waals surface area contributed by atoms with E-state index in [0.29, 0.717) is 0 Å². The average Bonchev–Trinajstić information content (AvgIpc) is 1.77. The van der Waals surface area contributed by atoms with Gasteiger partial charge >= 0.3 is 29.1 Å². The van der Waals surface area contributed by atoms with Crippen molar-refractivity contribution in [3.05, 3.63) is 0 Å². The van der Waals surface area contributed by atoms with Crippen LogP contribution in [-0.2, 0) is 18.3 Å². The maximum absolute atomic E-state index is 9.58. The second-order valence-electron chi connectivity index (χ2n) is 2.05. The molecule has 0 aromatic carbocycles. The van der Waals surface area contributed by atoms with E-state index in [0.717, 1.165) is 0 Å². The van der Waals surface area contributed by atoms with Crippen molar-refractivity contribution >= 4 is 29.1 Å². The Hall–Kier alpha value is 0.600. The Kier molecular flexibility index (Phi) is 6.51. The minimum Gasteiger partial charge on any atom is -0.316 e. The van der Waals surface area contributed by atoms with Crippen LogP contribution in [0.1, 0.15) is 0 Å². The molecule has 0 aromatic rings. The van der Waals surface area contributed by atoms with Crippen molar-refractivity contribution in [3.8, 4) is 0 Å². The van der Waals surface area contributed by atoms with Crippen molar-refractivity contribution in [1.29, 1.82) is 0 Å². The molecule has 0 radical (unpaired) electrons. The summed E-state index contributed by atoms with van der Waals surface area (Å²) >= 11 is 0. The molecule has 0 aliphatic heterocycles. The van der Waals surface area contributed by atoms with Crippen LogP contribution in [0.3, 0.4) is 0 Å². The van der Waals surface area contributed by atoms with Crippen LogP contribution >= 0.6 is 29.1 Å². The zero-order valence-corrected chi connectivity index (χ0v) is 10.6. The molecule has 0 saturated carbocycles. The summed E-state index contributed by atoms with van der Waals surface area (Å²) in [4.78, 5) is 61.6. The van der Waals surface area contributed by atoms with Crippen LogP contribution in [0.15, 0.2) is 0 Å². The fourth-order valence-electron chi connectivity index (χ4n) is 0. The molecule has 8 N–H and O–H groups in total. The van der Waals surface area contributed by atoms with Crippen LogP contribution in [0, 0.1) is 0 Å². The van der Waals surface area contributed by atoms with Crippen LogP contribution in [0.5, 0.6) is 0 Å². The van der Waals surface area contributed by atoms with Gasteiger partial charge in [-0.1, -0.05) is 0 Å². The van der Waals surface area contributed by atoms with Gasteiger partial charge in [-0.3, -0.25) is 0 Å². The summed E-state index contributed by atoms with van der Waals surface area (Å²) in [6.07, 6.45) is 0. The number of rotatable bonds is 2. The fourth-order valence-corrected chi connectivity index (χ4v) is 0. The van der Waals surface area contributed by atoms with Crippen LogP contribution in [0.2, 0.25) is 0 Å². The SMILES string of the molecule is O=P(O)(O)P(=O)(O)O.O=P(O)(O)P(=O)(O)O. The minimum absolute atomic E-state index is 5.18. The molecule has 0 rings (SSSR count). The smallest absolute Gasteiger partial charge is 0.316 e. The summed E-state index contributed by atoms with van der Waals surface area (Å²) in [6, 6.07) is 0. The summed E-state index contributed by atoms with van der Waals surface area (Å²) in [6.45, 7) is 0. The van der Waals surface area contributed by atoms with E-state index >= 15 is 0 Å². The molecule has 100 valence electrons. The van der Waals surface area contributed by atoms with Gasteiger partial charge in [0.1, 0.15) is 0 Å². The standard InChI is InChI=1S/2H4O6P2/c2*1-7(2,3)8(4,5)6/h2*(H2,1,2,3)(H2,4,5,6). The maximum Gasteiger partial charge on any atom is 0.435 e. The Bertz CT molecular complexity index is 311. The molecule has 0 aliphatic rings. The van der Waals surface area contributed by atoms with Gasteiger partial charge in [-0.2, -0.15) is 0 Å². The van der Waals surface area contributed by atoms with Gasteiger partial charge < -0.3 is 39.1 Å². The van der Waals surface area contributed by atoms with Crippen molar-refractivity contribution in [2.45, 2.75) is 0 Å². The lowest BCUT2D eigenvalue weighted by atomic mass is 15.8. The molecule has 0 bridgehead atoms. The van der Waals surface area contributed by atoms with Gasteiger partial charge in [0, 0.05) is 0 Å². The van der Waals surface area contributed by atoms with E-state index in [1.54, 1.807) is 0 Å². The van der Waals surface area contributed by atoms with Crippen molar-refractivity contribution in [2.75, 3.05) is 0 Å². The van der Waals surface area contributed by atoms with Crippen molar-refractivity contribution in [3.63, 3.8) is 0 Å². The van der Waals surface area contributed by atoms with E-state index in [-0.39, 0.29) is 0 Å². The van der Waals surface area contributed by atoms with Gasteiger partial charge in [0.05, 0.1) is 0 Å². The summed E-state index contributed by atoms with van der Waals surface area (Å²) in [5.74, 6) is 0. The van der Waals surface area contributed by atoms with Crippen molar-refractivity contribution in [2.24, 2.45) is 0 Å². The predicted octanol–water partition coefficient (Wildman–Crippen LogP) is -1.49. The quantitative estimate of drug-likeness (QED) is 0.271. The van der Waals surface area contributed by atoms with E-state index in [1.807, 2.05) is 0 Å². The topological polar surface area (TPSA) is 230 Å². The first-order valence-corrected chi connectivity index (χ1v) is 10.6. The lowest BCUT2D eigenvalue weighted by Gasteiger charge is -2.02. The molecule has 0 atom stereocenters. The van der Waals surface area contributed by atoms with Gasteiger partial charge in [0.2, 0.25) is 0 Å². The highest BCUT2D eigenvalue weighted by molar-refractivity contribution is 8.26. The highest BCUT2D eigenvalue weighted by atomic mass is 32.1. The van der Waals surface area contributed by atoms with E-state index in [9.17, 15) is 18.3 Å². The predicted molar refractivity (Wildman–Crippen MR) is 48.2 cm³/mol. The van der Waals surface area contributed by atoms with Gasteiger partial charge in [-0.25, -0.2) is 18.3 Å². The largest absolute Gasteiger partial charge is 0.435 e. The summed E-state index contributed by atoms with van der Waals surface area (Å²) in [5.41, 5.74) is 0. The Labute approximate surface area is 87.4 Å². The van der Waals surface area contributed by atoms with Crippen molar-refractivity contribution in [1.82, 2.24) is 0 Å². The zero-order valence-electron chi connectivity index (χ0n) is 7.00. The lowest BCUT2D eigenvalue weighted by molar-refractivity contribution is 0.340. The summed E-state index contributed by atoms with van der Waals surface area (Å²) < 4.78 is 38.3. The number of hydrogen-bond donors (Lipinski definition) is 8. The molecule has 16 heteroatoms. The molecular formula is H8O12P4. The maximum atomic E-state index is 9.58. The zero-order chi connectivity index (χ0) is 14.0. The highest BCUT2D eigenvalue weighted by Gasteiger charge is 2.38. The lowest BCUT2D eigenvalue weighted by Crippen LogP contribution is -1.78. The van der Waals surface area contributed by atoms with Gasteiger partial charge in [-0.05, 0) is 0 Å². The van der Waals surface area contributed by atoms with E-state index < -0.39 is 29.1 Å². The molecule has 0 amide bonds. The Morgan fingerprint density at radius 2 is 0.438 bits per heavy atom. The normalized spacial score (nSPS) is 14.0. The summed E-state index contributed by atoms with van der Waals surface area (Å²) in [5, 5.41) is 0. The fraction of sp³-hybridized carbons (Fsp3) is 0. The molecular weight excluding hydrogens is 316 g/mol. The third-order valence-corrected chi connectivity index (χ3v) is 6.11. The van der Waals surface area contributed by atoms with Gasteiger partial charge in [0.15, 0.2) is 0 Å². The molecule has 0 heterocycles. The molecule has 0 unspecified atom stereocenters. The third-order valence-electron chi connectivity index (χ3n) is 0.679. The molecule has 0 spiro atoms. The first-order chi connectivity index (χ1) is 6.50.